The monoisotopic (exact) mass is 413 g/mol. The summed E-state index contributed by atoms with van der Waals surface area (Å²) in [6, 6.07) is 16.9. The van der Waals surface area contributed by atoms with E-state index < -0.39 is 18.1 Å². The molecule has 2 rings (SSSR count). The molecule has 0 bridgehead atoms. The maximum Gasteiger partial charge on any atom is 0.408 e. The number of amides is 1. The van der Waals surface area contributed by atoms with Crippen LogP contribution in [0.1, 0.15) is 16.7 Å². The molecule has 0 spiro atoms. The average molecular weight is 414 g/mol. The predicted octanol–water partition coefficient (Wildman–Crippen LogP) is 2.48. The second-order valence-electron chi connectivity index (χ2n) is 7.21. The number of hydrogen-bond donors (Lipinski definition) is 2. The quantitative estimate of drug-likeness (QED) is 0.435. The Bertz CT molecular complexity index is 798. The molecule has 0 aliphatic rings. The molecule has 2 aromatic carbocycles. The van der Waals surface area contributed by atoms with E-state index in [1.807, 2.05) is 48.3 Å². The SMILES string of the molecule is COC(=O)[C@@H](CN(C)CCNCc1cccc(C)c1)NC(=O)OCc1ccccc1. The molecule has 0 aromatic heterocycles. The summed E-state index contributed by atoms with van der Waals surface area (Å²) < 4.78 is 10.0. The highest BCUT2D eigenvalue weighted by Gasteiger charge is 2.23. The summed E-state index contributed by atoms with van der Waals surface area (Å²) in [4.78, 5) is 26.1. The lowest BCUT2D eigenvalue weighted by Gasteiger charge is -2.23. The van der Waals surface area contributed by atoms with Crippen molar-refractivity contribution in [3.63, 3.8) is 0 Å². The molecule has 7 nitrogen and oxygen atoms in total. The van der Waals surface area contributed by atoms with Gasteiger partial charge in [0.1, 0.15) is 12.6 Å². The van der Waals surface area contributed by atoms with Crippen molar-refractivity contribution in [1.29, 1.82) is 0 Å². The number of hydrogen-bond acceptors (Lipinski definition) is 6. The van der Waals surface area contributed by atoms with Crippen molar-refractivity contribution < 1.29 is 19.1 Å². The Hall–Kier alpha value is -2.90. The fourth-order valence-corrected chi connectivity index (χ4v) is 2.96. The molecular weight excluding hydrogens is 382 g/mol. The lowest BCUT2D eigenvalue weighted by Crippen LogP contribution is -2.49. The van der Waals surface area contributed by atoms with Crippen LogP contribution >= 0.6 is 0 Å². The fraction of sp³-hybridized carbons (Fsp3) is 0.391. The molecule has 30 heavy (non-hydrogen) atoms. The van der Waals surface area contributed by atoms with E-state index in [0.29, 0.717) is 13.1 Å². The summed E-state index contributed by atoms with van der Waals surface area (Å²) in [5.41, 5.74) is 3.34. The molecule has 0 saturated heterocycles. The maximum atomic E-state index is 12.1. The third kappa shape index (κ3) is 8.63. The number of esters is 1. The highest BCUT2D eigenvalue weighted by molar-refractivity contribution is 5.81. The third-order valence-corrected chi connectivity index (χ3v) is 4.57. The number of carbonyl (C=O) groups is 2. The Kier molecular flexibility index (Phi) is 9.83. The molecule has 0 heterocycles. The van der Waals surface area contributed by atoms with Gasteiger partial charge in [0.15, 0.2) is 0 Å². The van der Waals surface area contributed by atoms with Crippen LogP contribution in [0.3, 0.4) is 0 Å². The first-order valence-corrected chi connectivity index (χ1v) is 9.97. The second-order valence-corrected chi connectivity index (χ2v) is 7.21. The fourth-order valence-electron chi connectivity index (χ4n) is 2.96. The summed E-state index contributed by atoms with van der Waals surface area (Å²) in [6.07, 6.45) is -0.653. The normalized spacial score (nSPS) is 11.7. The van der Waals surface area contributed by atoms with Gasteiger partial charge in [-0.15, -0.1) is 0 Å². The van der Waals surface area contributed by atoms with E-state index in [9.17, 15) is 9.59 Å². The molecule has 1 atom stereocenters. The standard InChI is InChI=1S/C23H31N3O4/c1-18-8-7-11-20(14-18)15-24-12-13-26(2)16-21(22(27)29-3)25-23(28)30-17-19-9-5-4-6-10-19/h4-11,14,21,24H,12-13,15-17H2,1-3H3,(H,25,28)/t21-/m1/s1. The van der Waals surface area contributed by atoms with Crippen molar-refractivity contribution in [1.82, 2.24) is 15.5 Å². The minimum atomic E-state index is -0.806. The van der Waals surface area contributed by atoms with Gasteiger partial charge in [-0.1, -0.05) is 60.2 Å². The third-order valence-electron chi connectivity index (χ3n) is 4.57. The van der Waals surface area contributed by atoms with E-state index in [-0.39, 0.29) is 6.61 Å². The van der Waals surface area contributed by atoms with Gasteiger partial charge in [-0.25, -0.2) is 9.59 Å². The van der Waals surface area contributed by atoms with E-state index in [1.165, 1.54) is 18.2 Å². The lowest BCUT2D eigenvalue weighted by atomic mass is 10.1. The molecule has 2 N–H and O–H groups in total. The van der Waals surface area contributed by atoms with Gasteiger partial charge in [0.05, 0.1) is 7.11 Å². The zero-order valence-electron chi connectivity index (χ0n) is 17.9. The number of alkyl carbamates (subject to hydrolysis) is 1. The molecule has 7 heteroatoms. The number of ether oxygens (including phenoxy) is 2. The predicted molar refractivity (Wildman–Crippen MR) is 116 cm³/mol. The first-order valence-electron chi connectivity index (χ1n) is 9.97. The van der Waals surface area contributed by atoms with Gasteiger partial charge in [-0.05, 0) is 25.1 Å². The Morgan fingerprint density at radius 3 is 2.50 bits per heavy atom. The molecule has 162 valence electrons. The van der Waals surface area contributed by atoms with Crippen LogP contribution in [0.2, 0.25) is 0 Å². The average Bonchev–Trinajstić information content (AvgIpc) is 2.75. The van der Waals surface area contributed by atoms with Crippen molar-refractivity contribution in [3.05, 3.63) is 71.3 Å². The maximum absolute atomic E-state index is 12.1. The van der Waals surface area contributed by atoms with Crippen LogP contribution in [0, 0.1) is 6.92 Å². The smallest absolute Gasteiger partial charge is 0.408 e. The topological polar surface area (TPSA) is 79.9 Å². The Labute approximate surface area is 178 Å². The van der Waals surface area contributed by atoms with Crippen LogP contribution in [-0.2, 0) is 27.4 Å². The number of benzene rings is 2. The first kappa shape index (κ1) is 23.4. The number of nitrogens with zero attached hydrogens (tertiary/aromatic N) is 1. The Morgan fingerprint density at radius 2 is 1.80 bits per heavy atom. The van der Waals surface area contributed by atoms with Crippen LogP contribution in [-0.4, -0.2) is 56.8 Å². The summed E-state index contributed by atoms with van der Waals surface area (Å²) in [5.74, 6) is -0.508. The Morgan fingerprint density at radius 1 is 1.07 bits per heavy atom. The van der Waals surface area contributed by atoms with E-state index in [0.717, 1.165) is 18.7 Å². The molecule has 0 saturated carbocycles. The lowest BCUT2D eigenvalue weighted by molar-refractivity contribution is -0.143. The van der Waals surface area contributed by atoms with Crippen molar-refractivity contribution in [3.8, 4) is 0 Å². The second kappa shape index (κ2) is 12.6. The molecule has 2 aromatic rings. The first-order chi connectivity index (χ1) is 14.5. The largest absolute Gasteiger partial charge is 0.467 e. The molecule has 0 aliphatic heterocycles. The van der Waals surface area contributed by atoms with Crippen molar-refractivity contribution in [2.24, 2.45) is 0 Å². The highest BCUT2D eigenvalue weighted by atomic mass is 16.6. The summed E-state index contributed by atoms with van der Waals surface area (Å²) in [7, 11) is 3.19. The zero-order valence-corrected chi connectivity index (χ0v) is 17.9. The van der Waals surface area contributed by atoms with Crippen LogP contribution in [0.25, 0.3) is 0 Å². The summed E-state index contributed by atoms with van der Waals surface area (Å²) in [6.45, 7) is 4.76. The Balaban J connectivity index is 1.74. The number of methoxy groups -OCH3 is 1. The van der Waals surface area contributed by atoms with Gasteiger partial charge in [0, 0.05) is 26.2 Å². The number of aryl methyl sites for hydroxylation is 1. The molecule has 0 unspecified atom stereocenters. The van der Waals surface area contributed by atoms with Gasteiger partial charge in [-0.3, -0.25) is 0 Å². The van der Waals surface area contributed by atoms with Crippen molar-refractivity contribution in [2.75, 3.05) is 33.8 Å². The van der Waals surface area contributed by atoms with Gasteiger partial charge >= 0.3 is 12.1 Å². The van der Waals surface area contributed by atoms with Crippen LogP contribution in [0.5, 0.6) is 0 Å². The number of carbonyl (C=O) groups excluding carboxylic acids is 2. The number of rotatable bonds is 11. The molecule has 0 aliphatic carbocycles. The van der Waals surface area contributed by atoms with E-state index in [4.69, 9.17) is 9.47 Å². The molecular formula is C23H31N3O4. The molecule has 0 radical (unpaired) electrons. The van der Waals surface area contributed by atoms with E-state index in [2.05, 4.69) is 35.8 Å². The minimum Gasteiger partial charge on any atom is -0.467 e. The van der Waals surface area contributed by atoms with Crippen LogP contribution in [0.15, 0.2) is 54.6 Å². The van der Waals surface area contributed by atoms with E-state index in [1.54, 1.807) is 0 Å². The highest BCUT2D eigenvalue weighted by Crippen LogP contribution is 2.03. The van der Waals surface area contributed by atoms with Gasteiger partial charge < -0.3 is 25.0 Å². The van der Waals surface area contributed by atoms with Crippen molar-refractivity contribution in [2.45, 2.75) is 26.1 Å². The number of nitrogens with one attached hydrogen (secondary N) is 2. The summed E-state index contributed by atoms with van der Waals surface area (Å²) in [5, 5.41) is 5.98. The minimum absolute atomic E-state index is 0.138. The molecule has 1 amide bonds. The number of likely N-dealkylation sites (N-methyl/N-ethyl adjacent to an activating group) is 1. The zero-order chi connectivity index (χ0) is 21.8. The van der Waals surface area contributed by atoms with Gasteiger partial charge in [0.2, 0.25) is 0 Å². The van der Waals surface area contributed by atoms with Crippen molar-refractivity contribution >= 4 is 12.1 Å². The summed E-state index contributed by atoms with van der Waals surface area (Å²) >= 11 is 0. The van der Waals surface area contributed by atoms with Crippen LogP contribution in [0.4, 0.5) is 4.79 Å². The van der Waals surface area contributed by atoms with Gasteiger partial charge in [-0.2, -0.15) is 0 Å². The van der Waals surface area contributed by atoms with Crippen LogP contribution < -0.4 is 10.6 Å². The molecule has 0 fully saturated rings. The van der Waals surface area contributed by atoms with E-state index >= 15 is 0 Å². The van der Waals surface area contributed by atoms with Gasteiger partial charge in [0.25, 0.3) is 0 Å².